The predicted octanol–water partition coefficient (Wildman–Crippen LogP) is 1.97. The van der Waals surface area contributed by atoms with Crippen molar-refractivity contribution in [2.75, 3.05) is 0 Å². The molecule has 0 radical (unpaired) electrons. The van der Waals surface area contributed by atoms with Crippen LogP contribution < -0.4 is 5.56 Å². The first-order valence-electron chi connectivity index (χ1n) is 6.76. The maximum atomic E-state index is 12.6. The smallest absolute Gasteiger partial charge is 0.268 e. The van der Waals surface area contributed by atoms with Gasteiger partial charge in [-0.15, -0.1) is 0 Å². The number of pyridine rings is 1. The second kappa shape index (κ2) is 4.92. The molecule has 0 saturated heterocycles. The Balaban J connectivity index is 1.94. The van der Waals surface area contributed by atoms with E-state index in [1.165, 1.54) is 10.9 Å². The van der Waals surface area contributed by atoms with Gasteiger partial charge < -0.3 is 0 Å². The van der Waals surface area contributed by atoms with Crippen LogP contribution in [0.25, 0.3) is 22.4 Å². The van der Waals surface area contributed by atoms with Crippen molar-refractivity contribution >= 4 is 11.0 Å². The summed E-state index contributed by atoms with van der Waals surface area (Å²) in [5.74, 6) is 0. The van der Waals surface area contributed by atoms with Crippen LogP contribution in [0, 0.1) is 0 Å². The summed E-state index contributed by atoms with van der Waals surface area (Å²) in [6.45, 7) is 0. The molecule has 1 aromatic carbocycles. The molecule has 0 aliphatic rings. The number of fused-ring (bicyclic) bond motifs is 1. The Labute approximate surface area is 125 Å². The number of para-hydroxylation sites is 1. The first-order chi connectivity index (χ1) is 10.8. The Kier molecular flexibility index (Phi) is 2.79. The molecule has 106 valence electrons. The molecule has 0 fully saturated rings. The van der Waals surface area contributed by atoms with Gasteiger partial charge in [0.25, 0.3) is 5.56 Å². The Morgan fingerprint density at radius 2 is 1.68 bits per heavy atom. The average molecular weight is 289 g/mol. The van der Waals surface area contributed by atoms with Gasteiger partial charge in [-0.1, -0.05) is 18.2 Å². The van der Waals surface area contributed by atoms with Crippen LogP contribution in [-0.4, -0.2) is 24.3 Å². The maximum absolute atomic E-state index is 12.6. The topological polar surface area (TPSA) is 65.6 Å². The van der Waals surface area contributed by atoms with E-state index in [9.17, 15) is 4.79 Å². The van der Waals surface area contributed by atoms with E-state index in [4.69, 9.17) is 0 Å². The summed E-state index contributed by atoms with van der Waals surface area (Å²) in [4.78, 5) is 21.0. The summed E-state index contributed by atoms with van der Waals surface area (Å²) in [7, 11) is 0. The van der Waals surface area contributed by atoms with Gasteiger partial charge in [-0.3, -0.25) is 14.3 Å². The minimum absolute atomic E-state index is 0.142. The molecule has 3 aromatic heterocycles. The summed E-state index contributed by atoms with van der Waals surface area (Å²) >= 11 is 0. The molecule has 0 aliphatic heterocycles. The fourth-order valence-electron chi connectivity index (χ4n) is 2.36. The quantitative estimate of drug-likeness (QED) is 0.566. The minimum Gasteiger partial charge on any atom is -0.268 e. The average Bonchev–Trinajstić information content (AvgIpc) is 3.02. The zero-order valence-electron chi connectivity index (χ0n) is 11.5. The largest absolute Gasteiger partial charge is 0.269 e. The maximum Gasteiger partial charge on any atom is 0.269 e. The van der Waals surface area contributed by atoms with E-state index in [0.717, 1.165) is 11.4 Å². The molecule has 0 unspecified atom stereocenters. The Morgan fingerprint density at radius 3 is 2.45 bits per heavy atom. The van der Waals surface area contributed by atoms with Gasteiger partial charge in [0.05, 0.1) is 17.6 Å². The van der Waals surface area contributed by atoms with E-state index in [1.54, 1.807) is 23.3 Å². The number of rotatable bonds is 2. The van der Waals surface area contributed by atoms with Crippen molar-refractivity contribution in [1.82, 2.24) is 24.3 Å². The van der Waals surface area contributed by atoms with Crippen LogP contribution in [0.15, 0.2) is 72.2 Å². The SMILES string of the molecule is O=c1c2cnn(-c3ccncc3)c2ncn1-c1ccccc1. The second-order valence-electron chi connectivity index (χ2n) is 4.75. The van der Waals surface area contributed by atoms with E-state index in [2.05, 4.69) is 15.1 Å². The Morgan fingerprint density at radius 1 is 0.909 bits per heavy atom. The molecule has 0 atom stereocenters. The van der Waals surface area contributed by atoms with Crippen LogP contribution in [0.5, 0.6) is 0 Å². The Bertz CT molecular complexity index is 989. The molecule has 3 heterocycles. The lowest BCUT2D eigenvalue weighted by atomic mass is 10.3. The third-order valence-electron chi connectivity index (χ3n) is 3.43. The lowest BCUT2D eigenvalue weighted by Crippen LogP contribution is -2.18. The van der Waals surface area contributed by atoms with E-state index < -0.39 is 0 Å². The van der Waals surface area contributed by atoms with Crippen molar-refractivity contribution < 1.29 is 0 Å². The van der Waals surface area contributed by atoms with Gasteiger partial charge in [-0.05, 0) is 24.3 Å². The van der Waals surface area contributed by atoms with Crippen LogP contribution in [0.1, 0.15) is 0 Å². The Hall–Kier alpha value is -3.28. The van der Waals surface area contributed by atoms with Crippen molar-refractivity contribution in [2.24, 2.45) is 0 Å². The van der Waals surface area contributed by atoms with E-state index in [1.807, 2.05) is 42.5 Å². The fraction of sp³-hybridized carbons (Fsp3) is 0. The molecule has 0 N–H and O–H groups in total. The van der Waals surface area contributed by atoms with E-state index >= 15 is 0 Å². The molecule has 22 heavy (non-hydrogen) atoms. The van der Waals surface area contributed by atoms with Crippen molar-refractivity contribution in [1.29, 1.82) is 0 Å². The first-order valence-corrected chi connectivity index (χ1v) is 6.76. The first kappa shape index (κ1) is 12.5. The van der Waals surface area contributed by atoms with Gasteiger partial charge in [0, 0.05) is 12.4 Å². The minimum atomic E-state index is -0.142. The summed E-state index contributed by atoms with van der Waals surface area (Å²) < 4.78 is 3.15. The lowest BCUT2D eigenvalue weighted by molar-refractivity contribution is 0.883. The molecule has 0 amide bonds. The molecular formula is C16H11N5O. The van der Waals surface area contributed by atoms with Crippen molar-refractivity contribution in [2.45, 2.75) is 0 Å². The van der Waals surface area contributed by atoms with Gasteiger partial charge in [-0.25, -0.2) is 9.67 Å². The van der Waals surface area contributed by atoms with Crippen LogP contribution in [0.4, 0.5) is 0 Å². The zero-order chi connectivity index (χ0) is 14.9. The summed E-state index contributed by atoms with van der Waals surface area (Å²) in [5.41, 5.74) is 1.98. The van der Waals surface area contributed by atoms with Crippen LogP contribution in [-0.2, 0) is 0 Å². The van der Waals surface area contributed by atoms with E-state index in [0.29, 0.717) is 11.0 Å². The van der Waals surface area contributed by atoms with Crippen LogP contribution in [0.3, 0.4) is 0 Å². The number of aromatic nitrogens is 5. The van der Waals surface area contributed by atoms with Gasteiger partial charge in [-0.2, -0.15) is 5.10 Å². The standard InChI is InChI=1S/C16H11N5O/c22-16-14-10-19-21(13-6-8-17-9-7-13)15(14)18-11-20(16)12-4-2-1-3-5-12/h1-11H. The monoisotopic (exact) mass is 289 g/mol. The summed E-state index contributed by atoms with van der Waals surface area (Å²) in [5, 5.41) is 4.75. The molecule has 4 aromatic rings. The van der Waals surface area contributed by atoms with Crippen LogP contribution in [0.2, 0.25) is 0 Å². The van der Waals surface area contributed by atoms with Gasteiger partial charge >= 0.3 is 0 Å². The van der Waals surface area contributed by atoms with Crippen LogP contribution >= 0.6 is 0 Å². The molecule has 0 spiro atoms. The number of hydrogen-bond donors (Lipinski definition) is 0. The number of nitrogens with zero attached hydrogens (tertiary/aromatic N) is 5. The molecule has 6 heteroatoms. The molecule has 6 nitrogen and oxygen atoms in total. The third-order valence-corrected chi connectivity index (χ3v) is 3.43. The van der Waals surface area contributed by atoms with Gasteiger partial charge in [0.1, 0.15) is 11.7 Å². The summed E-state index contributed by atoms with van der Waals surface area (Å²) in [6, 6.07) is 13.0. The molecule has 4 rings (SSSR count). The molecule has 0 bridgehead atoms. The number of hydrogen-bond acceptors (Lipinski definition) is 4. The highest BCUT2D eigenvalue weighted by molar-refractivity contribution is 5.75. The molecule has 0 saturated carbocycles. The van der Waals surface area contributed by atoms with Crippen molar-refractivity contribution in [3.8, 4) is 11.4 Å². The molecular weight excluding hydrogens is 278 g/mol. The highest BCUT2D eigenvalue weighted by Crippen LogP contribution is 2.13. The number of benzene rings is 1. The predicted molar refractivity (Wildman–Crippen MR) is 82.3 cm³/mol. The molecule has 0 aliphatic carbocycles. The summed E-state index contributed by atoms with van der Waals surface area (Å²) in [6.07, 6.45) is 6.42. The van der Waals surface area contributed by atoms with Crippen molar-refractivity contribution in [3.05, 3.63) is 77.7 Å². The zero-order valence-corrected chi connectivity index (χ0v) is 11.5. The highest BCUT2D eigenvalue weighted by Gasteiger charge is 2.11. The third kappa shape index (κ3) is 1.89. The van der Waals surface area contributed by atoms with E-state index in [-0.39, 0.29) is 5.56 Å². The van der Waals surface area contributed by atoms with Crippen molar-refractivity contribution in [3.63, 3.8) is 0 Å². The van der Waals surface area contributed by atoms with Gasteiger partial charge in [0.15, 0.2) is 5.65 Å². The highest BCUT2D eigenvalue weighted by atomic mass is 16.1. The normalized spacial score (nSPS) is 10.9. The lowest BCUT2D eigenvalue weighted by Gasteiger charge is -2.05. The second-order valence-corrected chi connectivity index (χ2v) is 4.75. The van der Waals surface area contributed by atoms with Gasteiger partial charge in [0.2, 0.25) is 0 Å². The fourth-order valence-corrected chi connectivity index (χ4v) is 2.36.